The first-order chi connectivity index (χ1) is 9.61. The molecule has 4 heteroatoms. The van der Waals surface area contributed by atoms with Crippen molar-refractivity contribution in [2.45, 2.75) is 26.2 Å². The minimum atomic E-state index is 0.00691. The number of pyridine rings is 1. The van der Waals surface area contributed by atoms with Crippen LogP contribution in [0.3, 0.4) is 0 Å². The van der Waals surface area contributed by atoms with Crippen LogP contribution in [0.25, 0.3) is 0 Å². The van der Waals surface area contributed by atoms with E-state index in [1.165, 1.54) is 0 Å². The Morgan fingerprint density at radius 1 is 1.35 bits per heavy atom. The van der Waals surface area contributed by atoms with E-state index in [-0.39, 0.29) is 5.84 Å². The molecule has 0 aliphatic rings. The molecular weight excluding hydrogens is 250 g/mol. The molecule has 1 unspecified atom stereocenters. The smallest absolute Gasteiger partial charge is 0.219 e. The van der Waals surface area contributed by atoms with Crippen molar-refractivity contribution >= 4 is 5.84 Å². The Bertz CT molecular complexity index is 610. The summed E-state index contributed by atoms with van der Waals surface area (Å²) in [4.78, 5) is 4.17. The van der Waals surface area contributed by atoms with Gasteiger partial charge >= 0.3 is 0 Å². The van der Waals surface area contributed by atoms with E-state index in [1.54, 1.807) is 18.3 Å². The van der Waals surface area contributed by atoms with Crippen LogP contribution < -0.4 is 10.5 Å². The molecule has 0 bridgehead atoms. The summed E-state index contributed by atoms with van der Waals surface area (Å²) >= 11 is 0. The molecule has 2 aromatic rings. The van der Waals surface area contributed by atoms with E-state index >= 15 is 0 Å². The number of aromatic nitrogens is 1. The quantitative estimate of drug-likeness (QED) is 0.642. The number of nitrogen functional groups attached to an aromatic ring is 1. The minimum Gasteiger partial charge on any atom is -0.439 e. The van der Waals surface area contributed by atoms with Crippen LogP contribution in [0.5, 0.6) is 11.6 Å². The van der Waals surface area contributed by atoms with Gasteiger partial charge in [-0.25, -0.2) is 4.98 Å². The normalized spacial score (nSPS) is 11.9. The van der Waals surface area contributed by atoms with E-state index in [4.69, 9.17) is 15.9 Å². The summed E-state index contributed by atoms with van der Waals surface area (Å²) in [6, 6.07) is 11.3. The molecule has 0 amide bonds. The van der Waals surface area contributed by atoms with E-state index in [2.05, 4.69) is 24.9 Å². The van der Waals surface area contributed by atoms with Crippen molar-refractivity contribution in [2.24, 2.45) is 5.73 Å². The Balaban J connectivity index is 2.30. The van der Waals surface area contributed by atoms with Gasteiger partial charge in [0.2, 0.25) is 5.88 Å². The standard InChI is InChI=1S/C16H19N3O/c1-3-11(2)13-6-4-5-7-14(13)20-15-10-12(16(17)18)8-9-19-15/h4-11H,3H2,1-2H3,(H3,17,18). The molecular formula is C16H19N3O. The third kappa shape index (κ3) is 3.15. The molecule has 3 N–H and O–H groups in total. The monoisotopic (exact) mass is 269 g/mol. The number of hydrogen-bond donors (Lipinski definition) is 2. The van der Waals surface area contributed by atoms with E-state index in [0.717, 1.165) is 17.7 Å². The van der Waals surface area contributed by atoms with Gasteiger partial charge in [0.25, 0.3) is 0 Å². The lowest BCUT2D eigenvalue weighted by molar-refractivity contribution is 0.452. The first-order valence-electron chi connectivity index (χ1n) is 6.69. The van der Waals surface area contributed by atoms with Crippen molar-refractivity contribution in [1.82, 2.24) is 4.98 Å². The molecule has 1 aromatic heterocycles. The van der Waals surface area contributed by atoms with Gasteiger partial charge in [-0.1, -0.05) is 32.0 Å². The molecule has 0 saturated carbocycles. The molecule has 1 atom stereocenters. The molecule has 1 aromatic carbocycles. The van der Waals surface area contributed by atoms with Gasteiger partial charge in [0.1, 0.15) is 11.6 Å². The summed E-state index contributed by atoms with van der Waals surface area (Å²) in [6.07, 6.45) is 2.64. The van der Waals surface area contributed by atoms with Crippen LogP contribution in [-0.4, -0.2) is 10.8 Å². The molecule has 1 heterocycles. The summed E-state index contributed by atoms with van der Waals surface area (Å²) in [5.41, 5.74) is 7.24. The molecule has 20 heavy (non-hydrogen) atoms. The Morgan fingerprint density at radius 2 is 2.10 bits per heavy atom. The topological polar surface area (TPSA) is 72.0 Å². The van der Waals surface area contributed by atoms with Gasteiger partial charge in [0.05, 0.1) is 0 Å². The summed E-state index contributed by atoms with van der Waals surface area (Å²) in [6.45, 7) is 4.32. The highest BCUT2D eigenvalue weighted by Crippen LogP contribution is 2.31. The highest BCUT2D eigenvalue weighted by atomic mass is 16.5. The van der Waals surface area contributed by atoms with E-state index in [9.17, 15) is 0 Å². The lowest BCUT2D eigenvalue weighted by Gasteiger charge is -2.15. The largest absolute Gasteiger partial charge is 0.439 e. The highest BCUT2D eigenvalue weighted by molar-refractivity contribution is 5.95. The maximum absolute atomic E-state index is 7.45. The van der Waals surface area contributed by atoms with Crippen LogP contribution in [0.1, 0.15) is 37.3 Å². The number of amidine groups is 1. The first-order valence-corrected chi connectivity index (χ1v) is 6.69. The second kappa shape index (κ2) is 6.19. The van der Waals surface area contributed by atoms with Gasteiger partial charge in [-0.15, -0.1) is 0 Å². The first kappa shape index (κ1) is 14.1. The molecule has 0 saturated heterocycles. The number of benzene rings is 1. The Morgan fingerprint density at radius 3 is 2.80 bits per heavy atom. The number of rotatable bonds is 5. The van der Waals surface area contributed by atoms with Gasteiger partial charge in [-0.05, 0) is 30.0 Å². The maximum atomic E-state index is 7.45. The van der Waals surface area contributed by atoms with Crippen LogP contribution in [0, 0.1) is 5.41 Å². The van der Waals surface area contributed by atoms with Crippen LogP contribution in [0.2, 0.25) is 0 Å². The molecule has 0 spiro atoms. The highest BCUT2D eigenvalue weighted by Gasteiger charge is 2.11. The fraction of sp³-hybridized carbons (Fsp3) is 0.250. The Labute approximate surface area is 119 Å². The number of nitrogens with zero attached hydrogens (tertiary/aromatic N) is 1. The predicted molar refractivity (Wildman–Crippen MR) is 80.5 cm³/mol. The number of ether oxygens (including phenoxy) is 1. The molecule has 4 nitrogen and oxygen atoms in total. The van der Waals surface area contributed by atoms with Gasteiger partial charge in [0.15, 0.2) is 0 Å². The predicted octanol–water partition coefficient (Wildman–Crippen LogP) is 3.67. The zero-order valence-corrected chi connectivity index (χ0v) is 11.8. The fourth-order valence-electron chi connectivity index (χ4n) is 1.95. The third-order valence-electron chi connectivity index (χ3n) is 3.32. The van der Waals surface area contributed by atoms with E-state index in [1.807, 2.05) is 18.2 Å². The molecule has 0 fully saturated rings. The minimum absolute atomic E-state index is 0.00691. The average Bonchev–Trinajstić information content (AvgIpc) is 2.47. The second-order valence-electron chi connectivity index (χ2n) is 4.75. The zero-order valence-electron chi connectivity index (χ0n) is 11.8. The summed E-state index contributed by atoms with van der Waals surface area (Å²) in [5.74, 6) is 1.68. The number of para-hydroxylation sites is 1. The lowest BCUT2D eigenvalue weighted by atomic mass is 9.98. The lowest BCUT2D eigenvalue weighted by Crippen LogP contribution is -2.11. The van der Waals surface area contributed by atoms with Crippen LogP contribution in [0.4, 0.5) is 0 Å². The van der Waals surface area contributed by atoms with Gasteiger partial charge < -0.3 is 10.5 Å². The molecule has 0 radical (unpaired) electrons. The Hall–Kier alpha value is -2.36. The van der Waals surface area contributed by atoms with E-state index < -0.39 is 0 Å². The number of nitrogens with one attached hydrogen (secondary N) is 1. The van der Waals surface area contributed by atoms with Gasteiger partial charge in [-0.3, -0.25) is 5.41 Å². The summed E-state index contributed by atoms with van der Waals surface area (Å²) in [7, 11) is 0. The number of nitrogens with two attached hydrogens (primary N) is 1. The molecule has 2 rings (SSSR count). The Kier molecular flexibility index (Phi) is 4.35. The van der Waals surface area contributed by atoms with Crippen LogP contribution >= 0.6 is 0 Å². The van der Waals surface area contributed by atoms with Crippen LogP contribution in [-0.2, 0) is 0 Å². The molecule has 104 valence electrons. The fourth-order valence-corrected chi connectivity index (χ4v) is 1.95. The van der Waals surface area contributed by atoms with Gasteiger partial charge in [-0.2, -0.15) is 0 Å². The van der Waals surface area contributed by atoms with Crippen molar-refractivity contribution in [2.75, 3.05) is 0 Å². The third-order valence-corrected chi connectivity index (χ3v) is 3.32. The van der Waals surface area contributed by atoms with Gasteiger partial charge in [0, 0.05) is 17.8 Å². The molecule has 0 aliphatic heterocycles. The maximum Gasteiger partial charge on any atom is 0.219 e. The van der Waals surface area contributed by atoms with Crippen molar-refractivity contribution in [3.8, 4) is 11.6 Å². The summed E-state index contributed by atoms with van der Waals surface area (Å²) in [5, 5.41) is 7.45. The van der Waals surface area contributed by atoms with Crippen molar-refractivity contribution in [3.05, 3.63) is 53.7 Å². The average molecular weight is 269 g/mol. The molecule has 0 aliphatic carbocycles. The van der Waals surface area contributed by atoms with Crippen LogP contribution in [0.15, 0.2) is 42.6 Å². The summed E-state index contributed by atoms with van der Waals surface area (Å²) < 4.78 is 5.86. The number of hydrogen-bond acceptors (Lipinski definition) is 3. The zero-order chi connectivity index (χ0) is 14.5. The SMILES string of the molecule is CCC(C)c1ccccc1Oc1cc(C(=N)N)ccn1. The van der Waals surface area contributed by atoms with E-state index in [0.29, 0.717) is 17.4 Å². The van der Waals surface area contributed by atoms with Crippen molar-refractivity contribution < 1.29 is 4.74 Å². The van der Waals surface area contributed by atoms with Crippen molar-refractivity contribution in [3.63, 3.8) is 0 Å². The van der Waals surface area contributed by atoms with Crippen molar-refractivity contribution in [1.29, 1.82) is 5.41 Å². The second-order valence-corrected chi connectivity index (χ2v) is 4.75.